The molecule has 5 nitrogen and oxygen atoms in total. The maximum atomic E-state index is 9.90. The van der Waals surface area contributed by atoms with E-state index in [0.717, 1.165) is 11.1 Å². The Hall–Kier alpha value is -2.56. The van der Waals surface area contributed by atoms with E-state index < -0.39 is 0 Å². The van der Waals surface area contributed by atoms with Crippen LogP contribution in [0.1, 0.15) is 11.1 Å². The minimum atomic E-state index is 0.0191. The molecule has 2 rings (SSSR count). The molecule has 0 saturated heterocycles. The molecular weight excluding hydrogens is 272 g/mol. The van der Waals surface area contributed by atoms with Gasteiger partial charge in [0.1, 0.15) is 11.5 Å². The van der Waals surface area contributed by atoms with E-state index in [1.54, 1.807) is 24.3 Å². The van der Waals surface area contributed by atoms with Crippen LogP contribution in [0.15, 0.2) is 30.3 Å². The minimum absolute atomic E-state index is 0.0191. The highest BCUT2D eigenvalue weighted by atomic mass is 16.5. The number of phenols is 3. The van der Waals surface area contributed by atoms with Gasteiger partial charge in [-0.05, 0) is 48.2 Å². The zero-order valence-corrected chi connectivity index (χ0v) is 12.0. The predicted octanol–water partition coefficient (Wildman–Crippen LogP) is 2.61. The molecule has 0 amide bonds. The van der Waals surface area contributed by atoms with Crippen LogP contribution in [-0.4, -0.2) is 29.5 Å². The molecule has 0 aromatic heterocycles. The smallest absolute Gasteiger partial charge is 0.203 e. The van der Waals surface area contributed by atoms with E-state index in [9.17, 15) is 15.3 Å². The number of phenolic OH excluding ortho intramolecular Hbond substituents is 3. The van der Waals surface area contributed by atoms with Gasteiger partial charge in [-0.3, -0.25) is 0 Å². The van der Waals surface area contributed by atoms with E-state index in [1.165, 1.54) is 20.3 Å². The lowest BCUT2D eigenvalue weighted by molar-refractivity contribution is 0.332. The summed E-state index contributed by atoms with van der Waals surface area (Å²) in [6.45, 7) is 0. The number of benzene rings is 2. The molecule has 0 radical (unpaired) electrons. The summed E-state index contributed by atoms with van der Waals surface area (Å²) >= 11 is 0. The van der Waals surface area contributed by atoms with Crippen LogP contribution >= 0.6 is 0 Å². The summed E-state index contributed by atoms with van der Waals surface area (Å²) in [5, 5.41) is 28.8. The van der Waals surface area contributed by atoms with Crippen LogP contribution in [0.4, 0.5) is 0 Å². The fourth-order valence-electron chi connectivity index (χ4n) is 2.23. The summed E-state index contributed by atoms with van der Waals surface area (Å²) < 4.78 is 10.3. The predicted molar refractivity (Wildman–Crippen MR) is 78.4 cm³/mol. The van der Waals surface area contributed by atoms with Crippen LogP contribution in [0.3, 0.4) is 0 Å². The van der Waals surface area contributed by atoms with Crippen molar-refractivity contribution in [3.63, 3.8) is 0 Å². The highest BCUT2D eigenvalue weighted by Crippen LogP contribution is 2.37. The van der Waals surface area contributed by atoms with Gasteiger partial charge in [0.2, 0.25) is 5.75 Å². The largest absolute Gasteiger partial charge is 0.508 e. The second-order valence-corrected chi connectivity index (χ2v) is 4.71. The highest BCUT2D eigenvalue weighted by molar-refractivity contribution is 5.53. The van der Waals surface area contributed by atoms with Crippen molar-refractivity contribution >= 4 is 0 Å². The van der Waals surface area contributed by atoms with Crippen LogP contribution in [0.25, 0.3) is 0 Å². The molecule has 0 atom stereocenters. The molecule has 0 aliphatic rings. The Kier molecular flexibility index (Phi) is 4.42. The summed E-state index contributed by atoms with van der Waals surface area (Å²) in [7, 11) is 2.97. The molecule has 0 bridgehead atoms. The van der Waals surface area contributed by atoms with E-state index in [4.69, 9.17) is 9.47 Å². The van der Waals surface area contributed by atoms with Gasteiger partial charge in [-0.2, -0.15) is 0 Å². The first-order valence-corrected chi connectivity index (χ1v) is 6.49. The third-order valence-corrected chi connectivity index (χ3v) is 3.18. The molecule has 0 spiro atoms. The number of hydrogen-bond acceptors (Lipinski definition) is 5. The summed E-state index contributed by atoms with van der Waals surface area (Å²) in [5.41, 5.74) is 1.68. The molecule has 5 heteroatoms. The molecule has 0 aliphatic heterocycles. The van der Waals surface area contributed by atoms with Crippen LogP contribution in [-0.2, 0) is 12.8 Å². The molecule has 0 aliphatic carbocycles. The van der Waals surface area contributed by atoms with Gasteiger partial charge in [-0.25, -0.2) is 0 Å². The van der Waals surface area contributed by atoms with Crippen molar-refractivity contribution < 1.29 is 24.8 Å². The fraction of sp³-hybridized carbons (Fsp3) is 0.250. The number of hydrogen-bond donors (Lipinski definition) is 3. The average Bonchev–Trinajstić information content (AvgIpc) is 2.43. The number of aromatic hydroxyl groups is 3. The van der Waals surface area contributed by atoms with Gasteiger partial charge in [0.15, 0.2) is 11.5 Å². The molecule has 0 heterocycles. The normalized spacial score (nSPS) is 10.4. The Morgan fingerprint density at radius 3 is 1.86 bits per heavy atom. The topological polar surface area (TPSA) is 79.2 Å². The Morgan fingerprint density at radius 1 is 0.762 bits per heavy atom. The molecule has 21 heavy (non-hydrogen) atoms. The minimum Gasteiger partial charge on any atom is -0.508 e. The summed E-state index contributed by atoms with van der Waals surface area (Å²) in [6.07, 6.45) is 1.23. The number of methoxy groups -OCH3 is 2. The van der Waals surface area contributed by atoms with Crippen LogP contribution in [0, 0.1) is 0 Å². The van der Waals surface area contributed by atoms with Crippen molar-refractivity contribution in [3.05, 3.63) is 41.5 Å². The lowest BCUT2D eigenvalue weighted by atomic mass is 10.0. The lowest BCUT2D eigenvalue weighted by Gasteiger charge is -2.12. The van der Waals surface area contributed by atoms with Gasteiger partial charge >= 0.3 is 0 Å². The van der Waals surface area contributed by atoms with Gasteiger partial charge in [-0.15, -0.1) is 0 Å². The molecule has 0 fully saturated rings. The third kappa shape index (κ3) is 3.51. The molecule has 2 aromatic rings. The van der Waals surface area contributed by atoms with Crippen molar-refractivity contribution in [3.8, 4) is 28.7 Å². The first-order chi connectivity index (χ1) is 10.0. The van der Waals surface area contributed by atoms with Crippen molar-refractivity contribution in [2.75, 3.05) is 14.2 Å². The van der Waals surface area contributed by atoms with Crippen molar-refractivity contribution in [1.82, 2.24) is 0 Å². The third-order valence-electron chi connectivity index (χ3n) is 3.18. The molecule has 112 valence electrons. The summed E-state index contributed by atoms with van der Waals surface area (Å²) in [4.78, 5) is 0. The second-order valence-electron chi connectivity index (χ2n) is 4.71. The summed E-state index contributed by atoms with van der Waals surface area (Å²) in [5.74, 6) is 0.841. The Labute approximate surface area is 123 Å². The fourth-order valence-corrected chi connectivity index (χ4v) is 2.23. The van der Waals surface area contributed by atoms with Gasteiger partial charge in [-0.1, -0.05) is 0 Å². The van der Waals surface area contributed by atoms with Gasteiger partial charge < -0.3 is 24.8 Å². The Bertz CT molecular complexity index is 617. The van der Waals surface area contributed by atoms with Crippen molar-refractivity contribution in [2.24, 2.45) is 0 Å². The number of aryl methyl sites for hydroxylation is 2. The number of ether oxygens (including phenoxy) is 2. The van der Waals surface area contributed by atoms with E-state index in [-0.39, 0.29) is 17.2 Å². The molecule has 0 unspecified atom stereocenters. The quantitative estimate of drug-likeness (QED) is 0.789. The van der Waals surface area contributed by atoms with E-state index in [0.29, 0.717) is 24.3 Å². The monoisotopic (exact) mass is 290 g/mol. The second kappa shape index (κ2) is 6.26. The lowest BCUT2D eigenvalue weighted by Crippen LogP contribution is -1.96. The van der Waals surface area contributed by atoms with Crippen LogP contribution in [0.5, 0.6) is 28.7 Å². The number of rotatable bonds is 5. The van der Waals surface area contributed by atoms with Crippen molar-refractivity contribution in [1.29, 1.82) is 0 Å². The summed E-state index contributed by atoms with van der Waals surface area (Å²) in [6, 6.07) is 7.89. The van der Waals surface area contributed by atoms with Crippen LogP contribution < -0.4 is 9.47 Å². The zero-order valence-electron chi connectivity index (χ0n) is 12.0. The Morgan fingerprint density at radius 2 is 1.33 bits per heavy atom. The van der Waals surface area contributed by atoms with E-state index in [2.05, 4.69) is 0 Å². The molecule has 0 saturated carbocycles. The SMILES string of the molecule is COc1cc(CCc2cc(O)cc(O)c2)cc(O)c1OC. The van der Waals surface area contributed by atoms with Crippen LogP contribution in [0.2, 0.25) is 0 Å². The van der Waals surface area contributed by atoms with Crippen molar-refractivity contribution in [2.45, 2.75) is 12.8 Å². The standard InChI is InChI=1S/C16H18O5/c1-20-15-8-11(7-14(19)16(15)21-2)4-3-10-5-12(17)9-13(18)6-10/h5-9,17-19H,3-4H2,1-2H3. The maximum Gasteiger partial charge on any atom is 0.203 e. The first kappa shape index (κ1) is 14.8. The van der Waals surface area contributed by atoms with Gasteiger partial charge in [0.25, 0.3) is 0 Å². The Balaban J connectivity index is 2.18. The van der Waals surface area contributed by atoms with Gasteiger partial charge in [0.05, 0.1) is 14.2 Å². The molecule has 3 N–H and O–H groups in total. The molecule has 2 aromatic carbocycles. The van der Waals surface area contributed by atoms with Gasteiger partial charge in [0, 0.05) is 6.07 Å². The average molecular weight is 290 g/mol. The zero-order chi connectivity index (χ0) is 15.4. The molecular formula is C16H18O5. The van der Waals surface area contributed by atoms with E-state index >= 15 is 0 Å². The van der Waals surface area contributed by atoms with E-state index in [1.807, 2.05) is 0 Å². The highest BCUT2D eigenvalue weighted by Gasteiger charge is 2.11. The maximum absolute atomic E-state index is 9.90. The first-order valence-electron chi connectivity index (χ1n) is 6.49.